The zero-order valence-electron chi connectivity index (χ0n) is 22.3. The van der Waals surface area contributed by atoms with Gasteiger partial charge in [0.2, 0.25) is 0 Å². The Labute approximate surface area is 242 Å². The van der Waals surface area contributed by atoms with Crippen LogP contribution in [0.2, 0.25) is 0 Å². The Bertz CT molecular complexity index is 1860. The van der Waals surface area contributed by atoms with Crippen LogP contribution in [-0.4, -0.2) is 39.9 Å². The molecule has 0 bridgehead atoms. The fourth-order valence-electron chi connectivity index (χ4n) is 4.49. The molecule has 6 aromatic heterocycles. The molecule has 0 spiro atoms. The summed E-state index contributed by atoms with van der Waals surface area (Å²) in [5.41, 5.74) is 6.94. The van der Waals surface area contributed by atoms with Crippen molar-refractivity contribution in [2.45, 2.75) is 0 Å². The molecule has 0 saturated carbocycles. The first-order valence-electron chi connectivity index (χ1n) is 13.4. The van der Waals surface area contributed by atoms with Crippen LogP contribution in [0.5, 0.6) is 0 Å². The molecule has 7 rings (SSSR count). The second kappa shape index (κ2) is 11.2. The first kappa shape index (κ1) is 25.0. The van der Waals surface area contributed by atoms with Crippen molar-refractivity contribution in [3.05, 3.63) is 134 Å². The number of benzene rings is 1. The quantitative estimate of drug-likeness (QED) is 0.225. The molecule has 0 N–H and O–H groups in total. The second-order valence-corrected chi connectivity index (χ2v) is 9.34. The Kier molecular flexibility index (Phi) is 6.68. The van der Waals surface area contributed by atoms with Crippen molar-refractivity contribution in [2.75, 3.05) is 0 Å². The maximum Gasteiger partial charge on any atom is 0.182 e. The average Bonchev–Trinajstić information content (AvgIpc) is 3.09. The highest BCUT2D eigenvalue weighted by molar-refractivity contribution is 5.69. The second-order valence-electron chi connectivity index (χ2n) is 9.34. The summed E-state index contributed by atoms with van der Waals surface area (Å²) in [6, 6.07) is 36.8. The third-order valence-electron chi connectivity index (χ3n) is 6.55. The van der Waals surface area contributed by atoms with E-state index in [4.69, 9.17) is 24.9 Å². The number of pyridine rings is 5. The van der Waals surface area contributed by atoms with Crippen molar-refractivity contribution in [2.24, 2.45) is 0 Å². The summed E-state index contributed by atoms with van der Waals surface area (Å²) in [6.45, 7) is 0. The molecule has 0 aliphatic carbocycles. The van der Waals surface area contributed by atoms with Crippen LogP contribution in [0.25, 0.3) is 68.5 Å². The van der Waals surface area contributed by atoms with Crippen molar-refractivity contribution in [1.29, 1.82) is 0 Å². The van der Waals surface area contributed by atoms with E-state index >= 15 is 0 Å². The van der Waals surface area contributed by atoms with E-state index in [0.717, 1.165) is 39.6 Å². The van der Waals surface area contributed by atoms with Gasteiger partial charge in [-0.15, -0.1) is 0 Å². The van der Waals surface area contributed by atoms with Crippen LogP contribution in [0.15, 0.2) is 134 Å². The molecule has 0 aliphatic heterocycles. The number of nitrogens with zero attached hydrogens (tertiary/aromatic N) is 8. The van der Waals surface area contributed by atoms with Crippen LogP contribution in [-0.2, 0) is 0 Å². The Balaban J connectivity index is 1.35. The molecule has 0 radical (unpaired) electrons. The van der Waals surface area contributed by atoms with Crippen LogP contribution in [0.3, 0.4) is 0 Å². The molecule has 0 aliphatic rings. The fraction of sp³-hybridized carbons (Fsp3) is 0. The van der Waals surface area contributed by atoms with E-state index in [-0.39, 0.29) is 0 Å². The molecule has 0 fully saturated rings. The zero-order valence-corrected chi connectivity index (χ0v) is 22.3. The highest BCUT2D eigenvalue weighted by atomic mass is 15.1. The molecular weight excluding hydrogens is 520 g/mol. The van der Waals surface area contributed by atoms with Crippen molar-refractivity contribution < 1.29 is 0 Å². The lowest BCUT2D eigenvalue weighted by Crippen LogP contribution is -2.03. The maximum absolute atomic E-state index is 4.86. The van der Waals surface area contributed by atoms with Gasteiger partial charge in [-0.25, -0.2) is 24.9 Å². The van der Waals surface area contributed by atoms with E-state index in [1.165, 1.54) is 0 Å². The molecule has 198 valence electrons. The molecule has 8 heteroatoms. The number of aromatic nitrogens is 8. The summed E-state index contributed by atoms with van der Waals surface area (Å²) in [5.74, 6) is 1.39. The minimum absolute atomic E-state index is 0.437. The standard InChI is InChI=1S/C34H22N8/c1-4-20-35-25(9-1)23-16-18-24(19-17-23)32-40-33(30-14-7-12-28(38-30)26-10-2-5-21-36-26)42-34(41-32)31-15-8-13-29(39-31)27-11-3-6-22-37-27/h1-22H. The van der Waals surface area contributed by atoms with Gasteiger partial charge in [-0.1, -0.05) is 54.6 Å². The van der Waals surface area contributed by atoms with Crippen molar-refractivity contribution in [3.63, 3.8) is 0 Å². The summed E-state index contributed by atoms with van der Waals surface area (Å²) in [4.78, 5) is 37.6. The lowest BCUT2D eigenvalue weighted by Gasteiger charge is -2.10. The van der Waals surface area contributed by atoms with Gasteiger partial charge in [0.15, 0.2) is 17.5 Å². The molecule has 42 heavy (non-hydrogen) atoms. The van der Waals surface area contributed by atoms with Crippen LogP contribution in [0.4, 0.5) is 0 Å². The molecule has 0 amide bonds. The summed E-state index contributed by atoms with van der Waals surface area (Å²) in [6.07, 6.45) is 5.28. The smallest absolute Gasteiger partial charge is 0.182 e. The van der Waals surface area contributed by atoms with E-state index in [2.05, 4.69) is 15.0 Å². The minimum atomic E-state index is 0.437. The normalized spacial score (nSPS) is 10.9. The predicted octanol–water partition coefficient (Wildman–Crippen LogP) is 6.85. The SMILES string of the molecule is c1ccc(-c2ccc(-c3nc(-c4cccc(-c5ccccn5)n4)nc(-c4cccc(-c5ccccn5)n4)n3)cc2)nc1. The van der Waals surface area contributed by atoms with E-state index in [0.29, 0.717) is 28.9 Å². The Morgan fingerprint density at radius 3 is 1.14 bits per heavy atom. The number of hydrogen-bond acceptors (Lipinski definition) is 8. The third-order valence-corrected chi connectivity index (χ3v) is 6.55. The topological polar surface area (TPSA) is 103 Å². The zero-order chi connectivity index (χ0) is 28.1. The molecular formula is C34H22N8. The third kappa shape index (κ3) is 5.24. The van der Waals surface area contributed by atoms with Gasteiger partial charge in [0.05, 0.1) is 28.5 Å². The van der Waals surface area contributed by atoms with Gasteiger partial charge < -0.3 is 0 Å². The van der Waals surface area contributed by atoms with Gasteiger partial charge in [0.25, 0.3) is 0 Å². The van der Waals surface area contributed by atoms with E-state index in [9.17, 15) is 0 Å². The first-order valence-corrected chi connectivity index (χ1v) is 13.4. The largest absolute Gasteiger partial charge is 0.256 e. The molecule has 6 heterocycles. The summed E-state index contributed by atoms with van der Waals surface area (Å²) in [7, 11) is 0. The fourth-order valence-corrected chi connectivity index (χ4v) is 4.49. The molecule has 0 saturated heterocycles. The Morgan fingerprint density at radius 2 is 0.667 bits per heavy atom. The van der Waals surface area contributed by atoms with Crippen molar-refractivity contribution >= 4 is 0 Å². The predicted molar refractivity (Wildman–Crippen MR) is 161 cm³/mol. The minimum Gasteiger partial charge on any atom is -0.256 e. The van der Waals surface area contributed by atoms with Gasteiger partial charge in [-0.05, 0) is 60.7 Å². The lowest BCUT2D eigenvalue weighted by atomic mass is 10.1. The van der Waals surface area contributed by atoms with Crippen LogP contribution >= 0.6 is 0 Å². The van der Waals surface area contributed by atoms with Gasteiger partial charge >= 0.3 is 0 Å². The molecule has 1 aromatic carbocycles. The average molecular weight is 543 g/mol. The molecule has 0 unspecified atom stereocenters. The number of hydrogen-bond donors (Lipinski definition) is 0. The molecule has 7 aromatic rings. The van der Waals surface area contributed by atoms with Gasteiger partial charge in [-0.2, -0.15) is 0 Å². The number of rotatable bonds is 6. The van der Waals surface area contributed by atoms with Crippen molar-refractivity contribution in [3.8, 4) is 68.5 Å². The Morgan fingerprint density at radius 1 is 0.262 bits per heavy atom. The van der Waals surface area contributed by atoms with Crippen LogP contribution in [0, 0.1) is 0 Å². The molecule has 0 atom stereocenters. The van der Waals surface area contributed by atoms with E-state index in [1.807, 2.05) is 115 Å². The highest BCUT2D eigenvalue weighted by Crippen LogP contribution is 2.27. The summed E-state index contributed by atoms with van der Waals surface area (Å²) >= 11 is 0. The van der Waals surface area contributed by atoms with Gasteiger partial charge in [0, 0.05) is 29.7 Å². The Hall–Kier alpha value is -6.02. The van der Waals surface area contributed by atoms with E-state index < -0.39 is 0 Å². The molecule has 8 nitrogen and oxygen atoms in total. The summed E-state index contributed by atoms with van der Waals surface area (Å²) in [5, 5.41) is 0. The van der Waals surface area contributed by atoms with E-state index in [1.54, 1.807) is 18.6 Å². The highest BCUT2D eigenvalue weighted by Gasteiger charge is 2.16. The lowest BCUT2D eigenvalue weighted by molar-refractivity contribution is 1.04. The van der Waals surface area contributed by atoms with Gasteiger partial charge in [-0.3, -0.25) is 15.0 Å². The van der Waals surface area contributed by atoms with Crippen molar-refractivity contribution in [1.82, 2.24) is 39.9 Å². The summed E-state index contributed by atoms with van der Waals surface area (Å²) < 4.78 is 0. The van der Waals surface area contributed by atoms with Crippen LogP contribution < -0.4 is 0 Å². The maximum atomic E-state index is 4.86. The monoisotopic (exact) mass is 542 g/mol. The van der Waals surface area contributed by atoms with Crippen LogP contribution in [0.1, 0.15) is 0 Å². The first-order chi connectivity index (χ1) is 20.8. The van der Waals surface area contributed by atoms with Gasteiger partial charge in [0.1, 0.15) is 11.4 Å².